The van der Waals surface area contributed by atoms with Gasteiger partial charge < -0.3 is 10.6 Å². The van der Waals surface area contributed by atoms with Gasteiger partial charge in [0.2, 0.25) is 0 Å². The first-order valence-corrected chi connectivity index (χ1v) is 7.52. The zero-order valence-electron chi connectivity index (χ0n) is 13.0. The fourth-order valence-corrected chi connectivity index (χ4v) is 3.02. The van der Waals surface area contributed by atoms with Gasteiger partial charge in [-0.3, -0.25) is 4.79 Å². The van der Waals surface area contributed by atoms with Crippen molar-refractivity contribution in [2.75, 3.05) is 13.1 Å². The van der Waals surface area contributed by atoms with Crippen LogP contribution in [0.4, 0.5) is 0 Å². The maximum Gasteiger partial charge on any atom is 0.255 e. The van der Waals surface area contributed by atoms with Crippen LogP contribution in [-0.4, -0.2) is 34.7 Å². The second kappa shape index (κ2) is 6.67. The molecule has 1 amide bonds. The van der Waals surface area contributed by atoms with E-state index in [-0.39, 0.29) is 23.7 Å². The highest BCUT2D eigenvalue weighted by Crippen LogP contribution is 2.29. The van der Waals surface area contributed by atoms with Gasteiger partial charge in [0, 0.05) is 18.8 Å². The van der Waals surface area contributed by atoms with Crippen molar-refractivity contribution in [2.45, 2.75) is 32.7 Å². The predicted octanol–water partition coefficient (Wildman–Crippen LogP) is 2.26. The number of pyridine rings is 1. The maximum absolute atomic E-state index is 12.4. The highest BCUT2D eigenvalue weighted by atomic mass is 35.5. The molecule has 0 radical (unpaired) electrons. The molecule has 3 rings (SSSR count). The molecular formula is C16H23ClN4O. The minimum Gasteiger partial charge on any atom is -0.350 e. The molecule has 1 saturated heterocycles. The Hall–Kier alpha value is -1.59. The Kier molecular flexibility index (Phi) is 5.08. The number of nitrogens with zero attached hydrogens (tertiary/aromatic N) is 2. The first kappa shape index (κ1) is 16.8. The van der Waals surface area contributed by atoms with Gasteiger partial charge in [0.25, 0.3) is 5.91 Å². The van der Waals surface area contributed by atoms with E-state index in [1.807, 2.05) is 24.4 Å². The number of hydrogen-bond acceptors (Lipinski definition) is 3. The summed E-state index contributed by atoms with van der Waals surface area (Å²) in [6.07, 6.45) is 5.87. The van der Waals surface area contributed by atoms with E-state index in [1.54, 1.807) is 10.7 Å². The number of carbonyl (C=O) groups excluding carboxylic acids is 1. The van der Waals surface area contributed by atoms with E-state index >= 15 is 0 Å². The average molecular weight is 323 g/mol. The van der Waals surface area contributed by atoms with Crippen LogP contribution < -0.4 is 10.6 Å². The van der Waals surface area contributed by atoms with Gasteiger partial charge in [-0.2, -0.15) is 5.10 Å². The lowest BCUT2D eigenvalue weighted by Gasteiger charge is -2.39. The molecule has 2 aromatic rings. The molecule has 0 spiro atoms. The Bertz CT molecular complexity index is 652. The Morgan fingerprint density at radius 3 is 3.09 bits per heavy atom. The first-order valence-electron chi connectivity index (χ1n) is 7.52. The van der Waals surface area contributed by atoms with Gasteiger partial charge in [0.15, 0.2) is 0 Å². The summed E-state index contributed by atoms with van der Waals surface area (Å²) in [6.45, 7) is 6.19. The van der Waals surface area contributed by atoms with Crippen molar-refractivity contribution in [1.29, 1.82) is 0 Å². The molecule has 1 fully saturated rings. The molecule has 2 aromatic heterocycles. The van der Waals surface area contributed by atoms with Crippen LogP contribution in [0.2, 0.25) is 0 Å². The lowest BCUT2D eigenvalue weighted by atomic mass is 9.77. The highest BCUT2D eigenvalue weighted by Gasteiger charge is 2.32. The monoisotopic (exact) mass is 322 g/mol. The molecule has 1 aliphatic heterocycles. The lowest BCUT2D eigenvalue weighted by molar-refractivity contribution is 0.0930. The number of nitrogens with one attached hydrogen (secondary N) is 2. The van der Waals surface area contributed by atoms with E-state index in [0.29, 0.717) is 18.2 Å². The molecule has 1 aliphatic rings. The van der Waals surface area contributed by atoms with Crippen LogP contribution in [0, 0.1) is 5.41 Å². The zero-order chi connectivity index (χ0) is 14.9. The number of fused-ring (bicyclic) bond motifs is 1. The smallest absolute Gasteiger partial charge is 0.255 e. The van der Waals surface area contributed by atoms with Crippen LogP contribution in [-0.2, 0) is 0 Å². The molecule has 1 atom stereocenters. The third-order valence-electron chi connectivity index (χ3n) is 4.47. The van der Waals surface area contributed by atoms with Crippen molar-refractivity contribution in [3.8, 4) is 0 Å². The van der Waals surface area contributed by atoms with Gasteiger partial charge in [-0.25, -0.2) is 4.52 Å². The Balaban J connectivity index is 0.00000176. The number of carbonyl (C=O) groups is 1. The van der Waals surface area contributed by atoms with Crippen molar-refractivity contribution in [2.24, 2.45) is 5.41 Å². The normalized spacial score (nSPS) is 20.4. The van der Waals surface area contributed by atoms with Gasteiger partial charge in [0.05, 0.1) is 17.3 Å². The number of amides is 1. The quantitative estimate of drug-likeness (QED) is 0.911. The Morgan fingerprint density at radius 2 is 2.32 bits per heavy atom. The molecule has 1 unspecified atom stereocenters. The summed E-state index contributed by atoms with van der Waals surface area (Å²) in [7, 11) is 0. The van der Waals surface area contributed by atoms with Gasteiger partial charge >= 0.3 is 0 Å². The van der Waals surface area contributed by atoms with Crippen LogP contribution in [0.3, 0.4) is 0 Å². The minimum atomic E-state index is -0.0561. The van der Waals surface area contributed by atoms with E-state index in [2.05, 4.69) is 29.6 Å². The molecule has 22 heavy (non-hydrogen) atoms. The molecule has 6 heteroatoms. The predicted molar refractivity (Wildman–Crippen MR) is 89.6 cm³/mol. The number of aromatic nitrogens is 2. The van der Waals surface area contributed by atoms with Crippen molar-refractivity contribution in [3.05, 3.63) is 36.2 Å². The van der Waals surface area contributed by atoms with Crippen molar-refractivity contribution >= 4 is 23.8 Å². The molecule has 120 valence electrons. The standard InChI is InChI=1S/C16H22N4O.ClH/c1-16(2)7-5-8-17-14(16)11-18-15(21)12-10-19-20-9-4-3-6-13(12)20;/h3-4,6,9-10,14,17H,5,7-8,11H2,1-2H3,(H,18,21);1H. The number of rotatable bonds is 3. The molecule has 0 aromatic carbocycles. The molecule has 3 heterocycles. The largest absolute Gasteiger partial charge is 0.350 e. The van der Waals surface area contributed by atoms with E-state index < -0.39 is 0 Å². The summed E-state index contributed by atoms with van der Waals surface area (Å²) in [4.78, 5) is 12.4. The topological polar surface area (TPSA) is 58.4 Å². The molecule has 5 nitrogen and oxygen atoms in total. The van der Waals surface area contributed by atoms with Crippen LogP contribution in [0.25, 0.3) is 5.52 Å². The summed E-state index contributed by atoms with van der Waals surface area (Å²) in [6, 6.07) is 6.04. The molecular weight excluding hydrogens is 300 g/mol. The fourth-order valence-electron chi connectivity index (χ4n) is 3.02. The van der Waals surface area contributed by atoms with E-state index in [9.17, 15) is 4.79 Å². The molecule has 0 bridgehead atoms. The van der Waals surface area contributed by atoms with Gasteiger partial charge in [0.1, 0.15) is 0 Å². The number of halogens is 1. The Morgan fingerprint density at radius 1 is 1.50 bits per heavy atom. The second-order valence-electron chi connectivity index (χ2n) is 6.40. The van der Waals surface area contributed by atoms with Crippen LogP contribution in [0.15, 0.2) is 30.6 Å². The van der Waals surface area contributed by atoms with Gasteiger partial charge in [-0.15, -0.1) is 12.4 Å². The van der Waals surface area contributed by atoms with Crippen molar-refractivity contribution < 1.29 is 4.79 Å². The third kappa shape index (κ3) is 3.25. The summed E-state index contributed by atoms with van der Waals surface area (Å²) in [5, 5.41) is 10.8. The number of hydrogen-bond donors (Lipinski definition) is 2. The lowest BCUT2D eigenvalue weighted by Crippen LogP contribution is -2.52. The van der Waals surface area contributed by atoms with Crippen LogP contribution >= 0.6 is 12.4 Å². The summed E-state index contributed by atoms with van der Waals surface area (Å²) in [5.74, 6) is -0.0561. The van der Waals surface area contributed by atoms with Crippen molar-refractivity contribution in [3.63, 3.8) is 0 Å². The fraction of sp³-hybridized carbons (Fsp3) is 0.500. The maximum atomic E-state index is 12.4. The SMILES string of the molecule is CC1(C)CCCNC1CNC(=O)c1cnn2ccccc12.Cl. The average Bonchev–Trinajstić information content (AvgIpc) is 2.89. The number of piperidine rings is 1. The van der Waals surface area contributed by atoms with Gasteiger partial charge in [-0.1, -0.05) is 19.9 Å². The highest BCUT2D eigenvalue weighted by molar-refractivity contribution is 6.00. The second-order valence-corrected chi connectivity index (χ2v) is 6.40. The summed E-state index contributed by atoms with van der Waals surface area (Å²) < 4.78 is 1.72. The van der Waals surface area contributed by atoms with Crippen molar-refractivity contribution in [1.82, 2.24) is 20.2 Å². The van der Waals surface area contributed by atoms with E-state index in [0.717, 1.165) is 12.1 Å². The zero-order valence-corrected chi connectivity index (χ0v) is 13.8. The molecule has 0 aliphatic carbocycles. The molecule has 0 saturated carbocycles. The van der Waals surface area contributed by atoms with Gasteiger partial charge in [-0.05, 0) is 36.9 Å². The Labute approximate surface area is 136 Å². The first-order chi connectivity index (χ1) is 10.1. The summed E-state index contributed by atoms with van der Waals surface area (Å²) >= 11 is 0. The molecule has 2 N–H and O–H groups in total. The third-order valence-corrected chi connectivity index (χ3v) is 4.47. The minimum absolute atomic E-state index is 0. The van der Waals surface area contributed by atoms with E-state index in [1.165, 1.54) is 12.8 Å². The van der Waals surface area contributed by atoms with Crippen LogP contribution in [0.5, 0.6) is 0 Å². The van der Waals surface area contributed by atoms with E-state index in [4.69, 9.17) is 0 Å². The van der Waals surface area contributed by atoms with Crippen LogP contribution in [0.1, 0.15) is 37.0 Å². The summed E-state index contributed by atoms with van der Waals surface area (Å²) in [5.41, 5.74) is 1.68.